The van der Waals surface area contributed by atoms with Crippen LogP contribution in [0.15, 0.2) is 10.8 Å². The van der Waals surface area contributed by atoms with E-state index < -0.39 is 0 Å². The fourth-order valence-electron chi connectivity index (χ4n) is 1.24. The molecule has 0 saturated carbocycles. The first-order valence-corrected chi connectivity index (χ1v) is 5.89. The van der Waals surface area contributed by atoms with Crippen LogP contribution in [0.5, 0.6) is 0 Å². The van der Waals surface area contributed by atoms with Gasteiger partial charge in [-0.2, -0.15) is 0 Å². The number of aromatic nitrogens is 2. The molecular formula is C9H13BrClN3O. The van der Waals surface area contributed by atoms with Crippen molar-refractivity contribution >= 4 is 33.3 Å². The molecule has 0 radical (unpaired) electrons. The molecule has 0 aromatic carbocycles. The average molecular weight is 295 g/mol. The van der Waals surface area contributed by atoms with Gasteiger partial charge in [0.2, 0.25) is 0 Å². The van der Waals surface area contributed by atoms with E-state index in [4.69, 9.17) is 16.7 Å². The number of aliphatic hydroxyl groups excluding tert-OH is 1. The second-order valence-electron chi connectivity index (χ2n) is 2.96. The van der Waals surface area contributed by atoms with Crippen LogP contribution < -0.4 is 4.90 Å². The van der Waals surface area contributed by atoms with Gasteiger partial charge in [0.25, 0.3) is 0 Å². The maximum Gasteiger partial charge on any atom is 0.148 e. The average Bonchev–Trinajstić information content (AvgIpc) is 2.25. The molecule has 6 heteroatoms. The molecule has 0 aliphatic rings. The fourth-order valence-corrected chi connectivity index (χ4v) is 1.82. The van der Waals surface area contributed by atoms with Gasteiger partial charge in [0.05, 0.1) is 4.47 Å². The monoisotopic (exact) mass is 293 g/mol. The van der Waals surface area contributed by atoms with Crippen molar-refractivity contribution in [3.63, 3.8) is 0 Å². The summed E-state index contributed by atoms with van der Waals surface area (Å²) in [5.41, 5.74) is 0. The second kappa shape index (κ2) is 6.25. The molecule has 1 aromatic rings. The zero-order chi connectivity index (χ0) is 11.3. The molecule has 0 bridgehead atoms. The van der Waals surface area contributed by atoms with Crippen molar-refractivity contribution in [2.75, 3.05) is 24.6 Å². The summed E-state index contributed by atoms with van der Waals surface area (Å²) in [6.45, 7) is 3.76. The van der Waals surface area contributed by atoms with E-state index >= 15 is 0 Å². The van der Waals surface area contributed by atoms with Crippen LogP contribution in [-0.4, -0.2) is 34.8 Å². The molecule has 1 heterocycles. The molecule has 4 nitrogen and oxygen atoms in total. The number of anilines is 1. The van der Waals surface area contributed by atoms with Crippen LogP contribution in [0.1, 0.15) is 13.3 Å². The Hall–Kier alpha value is -0.390. The Kier molecular flexibility index (Phi) is 5.28. The van der Waals surface area contributed by atoms with Gasteiger partial charge in [-0.25, -0.2) is 9.97 Å². The molecule has 0 aliphatic carbocycles. The van der Waals surface area contributed by atoms with Crippen LogP contribution in [0.25, 0.3) is 0 Å². The van der Waals surface area contributed by atoms with Crippen LogP contribution >= 0.6 is 27.5 Å². The maximum absolute atomic E-state index is 8.78. The predicted molar refractivity (Wildman–Crippen MR) is 64.3 cm³/mol. The van der Waals surface area contributed by atoms with Crippen LogP contribution in [0.3, 0.4) is 0 Å². The van der Waals surface area contributed by atoms with E-state index in [0.717, 1.165) is 18.9 Å². The molecular weight excluding hydrogens is 281 g/mol. The number of hydrogen-bond acceptors (Lipinski definition) is 4. The zero-order valence-corrected chi connectivity index (χ0v) is 10.8. The topological polar surface area (TPSA) is 49.2 Å². The van der Waals surface area contributed by atoms with E-state index in [-0.39, 0.29) is 6.61 Å². The van der Waals surface area contributed by atoms with Gasteiger partial charge in [-0.05, 0) is 29.3 Å². The lowest BCUT2D eigenvalue weighted by atomic mass is 10.4. The van der Waals surface area contributed by atoms with Crippen molar-refractivity contribution in [2.45, 2.75) is 13.3 Å². The third-order valence-corrected chi connectivity index (χ3v) is 3.24. The fraction of sp³-hybridized carbons (Fsp3) is 0.556. The highest BCUT2D eigenvalue weighted by molar-refractivity contribution is 9.10. The SMILES string of the molecule is CCN(CCCO)c1ncnc(Cl)c1Br. The first kappa shape index (κ1) is 12.7. The highest BCUT2D eigenvalue weighted by Gasteiger charge is 2.12. The highest BCUT2D eigenvalue weighted by Crippen LogP contribution is 2.28. The van der Waals surface area contributed by atoms with E-state index in [0.29, 0.717) is 16.0 Å². The Bertz CT molecular complexity index is 324. The molecule has 84 valence electrons. The number of nitrogens with zero attached hydrogens (tertiary/aromatic N) is 3. The number of halogens is 2. The minimum absolute atomic E-state index is 0.174. The quantitative estimate of drug-likeness (QED) is 0.845. The standard InChI is InChI=1S/C9H13BrClN3O/c1-2-14(4-3-5-15)9-7(10)8(11)12-6-13-9/h6,15H,2-5H2,1H3. The first-order chi connectivity index (χ1) is 7.20. The molecule has 0 atom stereocenters. The summed E-state index contributed by atoms with van der Waals surface area (Å²) < 4.78 is 0.700. The van der Waals surface area contributed by atoms with Crippen molar-refractivity contribution < 1.29 is 5.11 Å². The van der Waals surface area contributed by atoms with Gasteiger partial charge >= 0.3 is 0 Å². The van der Waals surface area contributed by atoms with Gasteiger partial charge in [-0.3, -0.25) is 0 Å². The molecule has 1 rings (SSSR count). The number of rotatable bonds is 5. The molecule has 0 unspecified atom stereocenters. The molecule has 0 amide bonds. The van der Waals surface area contributed by atoms with Crippen molar-refractivity contribution in [3.8, 4) is 0 Å². The Morgan fingerprint density at radius 1 is 1.53 bits per heavy atom. The third-order valence-electron chi connectivity index (χ3n) is 2.00. The number of aliphatic hydroxyl groups is 1. The molecule has 0 saturated heterocycles. The highest BCUT2D eigenvalue weighted by atomic mass is 79.9. The van der Waals surface area contributed by atoms with Crippen LogP contribution in [0.4, 0.5) is 5.82 Å². The lowest BCUT2D eigenvalue weighted by Gasteiger charge is -2.22. The van der Waals surface area contributed by atoms with E-state index in [1.165, 1.54) is 6.33 Å². The van der Waals surface area contributed by atoms with E-state index in [2.05, 4.69) is 25.9 Å². The molecule has 15 heavy (non-hydrogen) atoms. The summed E-state index contributed by atoms with van der Waals surface area (Å²) in [6, 6.07) is 0. The van der Waals surface area contributed by atoms with Crippen molar-refractivity contribution in [1.29, 1.82) is 0 Å². The van der Waals surface area contributed by atoms with Crippen molar-refractivity contribution in [2.24, 2.45) is 0 Å². The van der Waals surface area contributed by atoms with Crippen LogP contribution in [-0.2, 0) is 0 Å². The minimum Gasteiger partial charge on any atom is -0.396 e. The van der Waals surface area contributed by atoms with Gasteiger partial charge in [-0.15, -0.1) is 0 Å². The molecule has 0 fully saturated rings. The van der Waals surface area contributed by atoms with E-state index in [9.17, 15) is 0 Å². The van der Waals surface area contributed by atoms with Gasteiger partial charge in [0.15, 0.2) is 0 Å². The largest absolute Gasteiger partial charge is 0.396 e. The Morgan fingerprint density at radius 3 is 2.87 bits per heavy atom. The summed E-state index contributed by atoms with van der Waals surface area (Å²) >= 11 is 9.23. The first-order valence-electron chi connectivity index (χ1n) is 4.72. The van der Waals surface area contributed by atoms with Crippen molar-refractivity contribution in [3.05, 3.63) is 16.0 Å². The summed E-state index contributed by atoms with van der Waals surface area (Å²) in [7, 11) is 0. The van der Waals surface area contributed by atoms with Gasteiger partial charge < -0.3 is 10.0 Å². The zero-order valence-electron chi connectivity index (χ0n) is 8.45. The summed E-state index contributed by atoms with van der Waals surface area (Å²) in [5, 5.41) is 9.19. The minimum atomic E-state index is 0.174. The summed E-state index contributed by atoms with van der Waals surface area (Å²) in [4.78, 5) is 10.1. The Morgan fingerprint density at radius 2 is 2.27 bits per heavy atom. The maximum atomic E-state index is 8.78. The molecule has 0 spiro atoms. The molecule has 0 aliphatic heterocycles. The van der Waals surface area contributed by atoms with Crippen molar-refractivity contribution in [1.82, 2.24) is 9.97 Å². The lowest BCUT2D eigenvalue weighted by molar-refractivity contribution is 0.289. The van der Waals surface area contributed by atoms with Crippen LogP contribution in [0, 0.1) is 0 Å². The normalized spacial score (nSPS) is 10.4. The second-order valence-corrected chi connectivity index (χ2v) is 4.11. The predicted octanol–water partition coefficient (Wildman–Crippen LogP) is 2.10. The number of hydrogen-bond donors (Lipinski definition) is 1. The molecule has 1 aromatic heterocycles. The molecule has 1 N–H and O–H groups in total. The third kappa shape index (κ3) is 3.29. The lowest BCUT2D eigenvalue weighted by Crippen LogP contribution is -2.26. The van der Waals surface area contributed by atoms with Gasteiger partial charge in [0.1, 0.15) is 17.3 Å². The van der Waals surface area contributed by atoms with E-state index in [1.54, 1.807) is 0 Å². The Balaban J connectivity index is 2.86. The Labute approximate surface area is 102 Å². The summed E-state index contributed by atoms with van der Waals surface area (Å²) in [5.74, 6) is 0.769. The van der Waals surface area contributed by atoms with E-state index in [1.807, 2.05) is 11.8 Å². The smallest absolute Gasteiger partial charge is 0.148 e. The summed E-state index contributed by atoms with van der Waals surface area (Å²) in [6.07, 6.45) is 2.14. The van der Waals surface area contributed by atoms with Gasteiger partial charge in [-0.1, -0.05) is 11.6 Å². The van der Waals surface area contributed by atoms with Gasteiger partial charge in [0, 0.05) is 19.7 Å². The van der Waals surface area contributed by atoms with Crippen LogP contribution in [0.2, 0.25) is 5.15 Å².